The van der Waals surface area contributed by atoms with E-state index in [0.29, 0.717) is 63.0 Å². The van der Waals surface area contributed by atoms with Crippen LogP contribution in [-0.4, -0.2) is 83.7 Å². The maximum absolute atomic E-state index is 12.9. The van der Waals surface area contributed by atoms with Crippen molar-refractivity contribution in [1.29, 1.82) is 0 Å². The molecule has 0 spiro atoms. The number of aryl methyl sites for hydroxylation is 1. The SMILES string of the molecule is Cc1ccc(NC(=O)N2CC[C@@H](CC(F)(F)F)C2)cc1-c1cc(N2CCOCC2)nc(N[C@H]2CC[C@@H](O)C2)n1. The minimum absolute atomic E-state index is 0.0844. The number of aliphatic hydroxyl groups is 1. The molecule has 3 atom stereocenters. The van der Waals surface area contributed by atoms with Crippen LogP contribution in [0.2, 0.25) is 0 Å². The summed E-state index contributed by atoms with van der Waals surface area (Å²) in [4.78, 5) is 26.0. The number of hydrogen-bond acceptors (Lipinski definition) is 7. The number of morpholine rings is 1. The second-order valence-corrected chi connectivity index (χ2v) is 10.7. The maximum atomic E-state index is 12.9. The lowest BCUT2D eigenvalue weighted by molar-refractivity contribution is -0.143. The largest absolute Gasteiger partial charge is 0.393 e. The standard InChI is InChI=1S/C27H35F3N6O3/c1-17-2-3-20(32-26(38)36-7-6-18(16-36)15-27(28,29)30)13-22(17)23-14-24(35-8-10-39-11-9-35)34-25(33-23)31-19-4-5-21(37)12-19/h2-3,13-14,18-19,21,37H,4-12,15-16H2,1H3,(H,32,38)(H,31,33,34)/t18-,19-,21+/m0/s1. The lowest BCUT2D eigenvalue weighted by Gasteiger charge is -2.28. The number of nitrogens with zero attached hydrogens (tertiary/aromatic N) is 4. The van der Waals surface area contributed by atoms with Crippen molar-refractivity contribution in [1.82, 2.24) is 14.9 Å². The molecule has 3 aliphatic rings. The van der Waals surface area contributed by atoms with E-state index < -0.39 is 24.5 Å². The molecule has 2 aliphatic heterocycles. The smallest absolute Gasteiger partial charge is 0.389 e. The van der Waals surface area contributed by atoms with Crippen LogP contribution in [0.4, 0.5) is 35.4 Å². The molecule has 2 amide bonds. The van der Waals surface area contributed by atoms with Crippen LogP contribution < -0.4 is 15.5 Å². The predicted octanol–water partition coefficient (Wildman–Crippen LogP) is 4.42. The molecule has 212 valence electrons. The molecular formula is C27H35F3N6O3. The fraction of sp³-hybridized carbons (Fsp3) is 0.593. The average molecular weight is 549 g/mol. The number of urea groups is 1. The summed E-state index contributed by atoms with van der Waals surface area (Å²) in [7, 11) is 0. The van der Waals surface area contributed by atoms with Crippen molar-refractivity contribution in [3.8, 4) is 11.3 Å². The number of alkyl halides is 3. The number of ether oxygens (including phenoxy) is 1. The van der Waals surface area contributed by atoms with Gasteiger partial charge >= 0.3 is 12.2 Å². The lowest BCUT2D eigenvalue weighted by Crippen LogP contribution is -2.37. The summed E-state index contributed by atoms with van der Waals surface area (Å²) in [6, 6.07) is 7.11. The first-order valence-electron chi connectivity index (χ1n) is 13.5. The summed E-state index contributed by atoms with van der Waals surface area (Å²) in [6.07, 6.45) is -2.88. The number of amides is 2. The molecular weight excluding hydrogens is 513 g/mol. The Morgan fingerprint density at radius 1 is 1.13 bits per heavy atom. The summed E-state index contributed by atoms with van der Waals surface area (Å²) in [5.41, 5.74) is 3.00. The summed E-state index contributed by atoms with van der Waals surface area (Å²) in [5.74, 6) is 0.677. The van der Waals surface area contributed by atoms with E-state index in [4.69, 9.17) is 14.7 Å². The van der Waals surface area contributed by atoms with Gasteiger partial charge in [-0.15, -0.1) is 0 Å². The Bertz CT molecular complexity index is 1170. The summed E-state index contributed by atoms with van der Waals surface area (Å²) >= 11 is 0. The Hall–Kier alpha value is -3.12. The molecule has 0 radical (unpaired) electrons. The first-order chi connectivity index (χ1) is 18.6. The summed E-state index contributed by atoms with van der Waals surface area (Å²) < 4.78 is 43.8. The second kappa shape index (κ2) is 11.5. The number of carbonyl (C=O) groups is 1. The lowest BCUT2D eigenvalue weighted by atomic mass is 10.0. The number of halogens is 3. The molecule has 39 heavy (non-hydrogen) atoms. The van der Waals surface area contributed by atoms with Crippen molar-refractivity contribution in [2.75, 3.05) is 54.9 Å². The van der Waals surface area contributed by atoms with Gasteiger partial charge in [0.05, 0.1) is 25.0 Å². The number of aliphatic hydroxyl groups excluding tert-OH is 1. The van der Waals surface area contributed by atoms with Gasteiger partial charge in [0.2, 0.25) is 5.95 Å². The predicted molar refractivity (Wildman–Crippen MR) is 142 cm³/mol. The van der Waals surface area contributed by atoms with E-state index in [2.05, 4.69) is 15.5 Å². The van der Waals surface area contributed by atoms with Crippen molar-refractivity contribution in [2.24, 2.45) is 5.92 Å². The Labute approximate surface area is 225 Å². The average Bonchev–Trinajstić information content (AvgIpc) is 3.53. The summed E-state index contributed by atoms with van der Waals surface area (Å²) in [5, 5.41) is 16.2. The maximum Gasteiger partial charge on any atom is 0.389 e. The fourth-order valence-corrected chi connectivity index (χ4v) is 5.55. The van der Waals surface area contributed by atoms with Gasteiger partial charge in [-0.2, -0.15) is 18.2 Å². The molecule has 1 aromatic heterocycles. The number of carbonyl (C=O) groups excluding carboxylic acids is 1. The quantitative estimate of drug-likeness (QED) is 0.491. The van der Waals surface area contributed by atoms with E-state index in [9.17, 15) is 23.1 Å². The topological polar surface area (TPSA) is 103 Å². The van der Waals surface area contributed by atoms with Crippen LogP contribution in [0.1, 0.15) is 37.7 Å². The highest BCUT2D eigenvalue weighted by atomic mass is 19.4. The van der Waals surface area contributed by atoms with Gasteiger partial charge in [0.25, 0.3) is 0 Å². The third-order valence-corrected chi connectivity index (χ3v) is 7.64. The molecule has 9 nitrogen and oxygen atoms in total. The van der Waals surface area contributed by atoms with Gasteiger partial charge in [0, 0.05) is 56.0 Å². The van der Waals surface area contributed by atoms with Gasteiger partial charge in [0.1, 0.15) is 5.82 Å². The van der Waals surface area contributed by atoms with Crippen LogP contribution in [-0.2, 0) is 4.74 Å². The molecule has 3 heterocycles. The fourth-order valence-electron chi connectivity index (χ4n) is 5.55. The molecule has 12 heteroatoms. The van der Waals surface area contributed by atoms with Crippen molar-refractivity contribution in [2.45, 2.75) is 57.3 Å². The van der Waals surface area contributed by atoms with E-state index in [0.717, 1.165) is 29.8 Å². The molecule has 1 aromatic carbocycles. The zero-order chi connectivity index (χ0) is 27.6. The zero-order valence-corrected chi connectivity index (χ0v) is 22.0. The van der Waals surface area contributed by atoms with Gasteiger partial charge in [-0.05, 0) is 56.2 Å². The highest BCUT2D eigenvalue weighted by Crippen LogP contribution is 2.32. The van der Waals surface area contributed by atoms with Gasteiger partial charge in [-0.3, -0.25) is 0 Å². The van der Waals surface area contributed by atoms with E-state index in [1.54, 1.807) is 6.07 Å². The molecule has 2 saturated heterocycles. The van der Waals surface area contributed by atoms with Crippen LogP contribution in [0.3, 0.4) is 0 Å². The molecule has 5 rings (SSSR count). The highest BCUT2D eigenvalue weighted by Gasteiger charge is 2.36. The Kier molecular flexibility index (Phi) is 8.13. The number of anilines is 3. The van der Waals surface area contributed by atoms with Gasteiger partial charge < -0.3 is 30.3 Å². The number of rotatable bonds is 6. The van der Waals surface area contributed by atoms with Crippen molar-refractivity contribution in [3.63, 3.8) is 0 Å². The summed E-state index contributed by atoms with van der Waals surface area (Å²) in [6.45, 7) is 4.97. The second-order valence-electron chi connectivity index (χ2n) is 10.7. The van der Waals surface area contributed by atoms with E-state index in [-0.39, 0.29) is 18.7 Å². The third kappa shape index (κ3) is 7.10. The molecule has 0 unspecified atom stereocenters. The number of likely N-dealkylation sites (tertiary alicyclic amines) is 1. The third-order valence-electron chi connectivity index (χ3n) is 7.64. The number of nitrogens with one attached hydrogen (secondary N) is 2. The molecule has 1 saturated carbocycles. The van der Waals surface area contributed by atoms with E-state index >= 15 is 0 Å². The Balaban J connectivity index is 1.36. The van der Waals surface area contributed by atoms with Crippen molar-refractivity contribution >= 4 is 23.5 Å². The monoisotopic (exact) mass is 548 g/mol. The zero-order valence-electron chi connectivity index (χ0n) is 22.0. The first kappa shape index (κ1) is 27.4. The highest BCUT2D eigenvalue weighted by molar-refractivity contribution is 5.90. The molecule has 0 bridgehead atoms. The Morgan fingerprint density at radius 2 is 1.92 bits per heavy atom. The van der Waals surface area contributed by atoms with Crippen LogP contribution in [0.5, 0.6) is 0 Å². The first-order valence-corrected chi connectivity index (χ1v) is 13.5. The molecule has 3 N–H and O–H groups in total. The molecule has 1 aliphatic carbocycles. The van der Waals surface area contributed by atoms with E-state index in [1.165, 1.54) is 4.90 Å². The number of hydrogen-bond donors (Lipinski definition) is 3. The molecule has 2 aromatic rings. The van der Waals surface area contributed by atoms with Crippen molar-refractivity contribution in [3.05, 3.63) is 29.8 Å². The van der Waals surface area contributed by atoms with Crippen LogP contribution >= 0.6 is 0 Å². The molecule has 3 fully saturated rings. The normalized spacial score (nSPS) is 23.8. The number of benzene rings is 1. The van der Waals surface area contributed by atoms with Gasteiger partial charge in [-0.1, -0.05) is 6.07 Å². The Morgan fingerprint density at radius 3 is 2.64 bits per heavy atom. The number of aromatic nitrogens is 2. The van der Waals surface area contributed by atoms with Gasteiger partial charge in [0.15, 0.2) is 0 Å². The van der Waals surface area contributed by atoms with E-state index in [1.807, 2.05) is 25.1 Å². The van der Waals surface area contributed by atoms with Crippen LogP contribution in [0.15, 0.2) is 24.3 Å². The minimum Gasteiger partial charge on any atom is -0.393 e. The minimum atomic E-state index is -4.23. The van der Waals surface area contributed by atoms with Crippen molar-refractivity contribution < 1.29 is 27.8 Å². The van der Waals surface area contributed by atoms with Crippen LogP contribution in [0, 0.1) is 12.8 Å². The van der Waals surface area contributed by atoms with Crippen LogP contribution in [0.25, 0.3) is 11.3 Å². The van der Waals surface area contributed by atoms with Gasteiger partial charge in [-0.25, -0.2) is 9.78 Å².